The average Bonchev–Trinajstić information content (AvgIpc) is 3.06. The van der Waals surface area contributed by atoms with Gasteiger partial charge in [-0.3, -0.25) is 4.90 Å². The minimum Gasteiger partial charge on any atom is -0.384 e. The van der Waals surface area contributed by atoms with Gasteiger partial charge in [-0.05, 0) is 50.3 Å². The first-order valence-electron chi connectivity index (χ1n) is 6.80. The number of benzene rings is 1. The van der Waals surface area contributed by atoms with Gasteiger partial charge in [0.1, 0.15) is 0 Å². The van der Waals surface area contributed by atoms with Crippen molar-refractivity contribution in [2.45, 2.75) is 38.8 Å². The van der Waals surface area contributed by atoms with Gasteiger partial charge < -0.3 is 5.32 Å². The molecular weight excluding hydrogens is 244 g/mol. The molecule has 1 N–H and O–H groups in total. The highest BCUT2D eigenvalue weighted by atomic mass is 35.5. The summed E-state index contributed by atoms with van der Waals surface area (Å²) in [5.41, 5.74) is 4.37. The number of anilines is 1. The van der Waals surface area contributed by atoms with E-state index >= 15 is 0 Å². The Balaban J connectivity index is 0.00000120. The van der Waals surface area contributed by atoms with E-state index in [1.807, 2.05) is 0 Å². The van der Waals surface area contributed by atoms with Crippen molar-refractivity contribution in [1.82, 2.24) is 4.90 Å². The maximum Gasteiger partial charge on any atom is 0.0419 e. The first kappa shape index (κ1) is 13.7. The van der Waals surface area contributed by atoms with Gasteiger partial charge in [0.05, 0.1) is 0 Å². The molecule has 0 saturated heterocycles. The second-order valence-electron chi connectivity index (χ2n) is 5.62. The number of halogens is 1. The average molecular weight is 267 g/mol. The van der Waals surface area contributed by atoms with Crippen molar-refractivity contribution >= 4 is 18.1 Å². The minimum atomic E-state index is 0. The zero-order valence-electron chi connectivity index (χ0n) is 11.3. The van der Waals surface area contributed by atoms with E-state index in [1.54, 1.807) is 0 Å². The van der Waals surface area contributed by atoms with Gasteiger partial charge in [0.2, 0.25) is 0 Å². The van der Waals surface area contributed by atoms with Crippen molar-refractivity contribution in [3.63, 3.8) is 0 Å². The Hall–Kier alpha value is -0.730. The molecule has 3 rings (SSSR count). The Morgan fingerprint density at radius 2 is 2.17 bits per heavy atom. The minimum absolute atomic E-state index is 0. The molecule has 1 unspecified atom stereocenters. The summed E-state index contributed by atoms with van der Waals surface area (Å²) in [5.74, 6) is 0.949. The summed E-state index contributed by atoms with van der Waals surface area (Å²) >= 11 is 0. The molecule has 1 aliphatic heterocycles. The molecule has 0 spiro atoms. The molecule has 0 aromatic heterocycles. The smallest absolute Gasteiger partial charge is 0.0419 e. The molecule has 1 fully saturated rings. The molecule has 0 bridgehead atoms. The lowest BCUT2D eigenvalue weighted by Crippen LogP contribution is -2.30. The summed E-state index contributed by atoms with van der Waals surface area (Å²) in [6, 6.07) is 7.46. The second-order valence-corrected chi connectivity index (χ2v) is 5.62. The van der Waals surface area contributed by atoms with E-state index in [0.717, 1.165) is 25.0 Å². The number of hydrogen-bond donors (Lipinski definition) is 1. The molecule has 2 nitrogen and oxygen atoms in total. The molecule has 1 aliphatic carbocycles. The van der Waals surface area contributed by atoms with Crippen LogP contribution in [-0.4, -0.2) is 24.5 Å². The van der Waals surface area contributed by atoms with E-state index in [0.29, 0.717) is 0 Å². The molecule has 100 valence electrons. The largest absolute Gasteiger partial charge is 0.384 e. The van der Waals surface area contributed by atoms with Crippen molar-refractivity contribution in [2.75, 3.05) is 18.9 Å². The molecule has 3 heteroatoms. The number of para-hydroxylation sites is 1. The molecule has 1 saturated carbocycles. The van der Waals surface area contributed by atoms with Crippen molar-refractivity contribution < 1.29 is 0 Å². The van der Waals surface area contributed by atoms with E-state index < -0.39 is 0 Å². The number of nitrogens with one attached hydrogen (secondary N) is 1. The zero-order chi connectivity index (χ0) is 11.8. The molecule has 2 aliphatic rings. The van der Waals surface area contributed by atoms with E-state index in [2.05, 4.69) is 42.4 Å². The van der Waals surface area contributed by atoms with E-state index in [4.69, 9.17) is 0 Å². The number of nitrogens with zero attached hydrogens (tertiary/aromatic N) is 1. The van der Waals surface area contributed by atoms with Crippen molar-refractivity contribution in [1.29, 1.82) is 0 Å². The SMILES string of the molecule is CC(C1CC1)N(C)Cc1cccc2c1NCC2.Cl. The third kappa shape index (κ3) is 2.65. The predicted octanol–water partition coefficient (Wildman–Crippen LogP) is 3.31. The maximum atomic E-state index is 3.53. The molecule has 1 heterocycles. The van der Waals surface area contributed by atoms with Crippen LogP contribution < -0.4 is 5.32 Å². The van der Waals surface area contributed by atoms with Gasteiger partial charge in [-0.2, -0.15) is 0 Å². The lowest BCUT2D eigenvalue weighted by molar-refractivity contribution is 0.227. The number of rotatable bonds is 4. The topological polar surface area (TPSA) is 15.3 Å². The van der Waals surface area contributed by atoms with E-state index in [1.165, 1.54) is 36.1 Å². The van der Waals surface area contributed by atoms with Gasteiger partial charge in [0.25, 0.3) is 0 Å². The molecule has 0 amide bonds. The van der Waals surface area contributed by atoms with Crippen LogP contribution in [0.15, 0.2) is 18.2 Å². The van der Waals surface area contributed by atoms with Gasteiger partial charge in [-0.1, -0.05) is 18.2 Å². The van der Waals surface area contributed by atoms with Crippen LogP contribution >= 0.6 is 12.4 Å². The van der Waals surface area contributed by atoms with Crippen molar-refractivity contribution in [3.05, 3.63) is 29.3 Å². The first-order chi connectivity index (χ1) is 8.25. The second kappa shape index (κ2) is 5.50. The van der Waals surface area contributed by atoms with Crippen molar-refractivity contribution in [3.8, 4) is 0 Å². The molecule has 1 aromatic rings. The van der Waals surface area contributed by atoms with Crippen LogP contribution in [0.1, 0.15) is 30.9 Å². The highest BCUT2D eigenvalue weighted by Crippen LogP contribution is 2.36. The van der Waals surface area contributed by atoms with Gasteiger partial charge in [-0.15, -0.1) is 12.4 Å². The van der Waals surface area contributed by atoms with Crippen LogP contribution in [0.3, 0.4) is 0 Å². The molecule has 18 heavy (non-hydrogen) atoms. The summed E-state index contributed by atoms with van der Waals surface area (Å²) in [6.45, 7) is 4.55. The van der Waals surface area contributed by atoms with Crippen LogP contribution in [0.2, 0.25) is 0 Å². The summed E-state index contributed by atoms with van der Waals surface area (Å²) in [4.78, 5) is 2.51. The van der Waals surface area contributed by atoms with Gasteiger partial charge >= 0.3 is 0 Å². The first-order valence-corrected chi connectivity index (χ1v) is 6.80. The third-order valence-corrected chi connectivity index (χ3v) is 4.35. The summed E-state index contributed by atoms with van der Waals surface area (Å²) in [6.07, 6.45) is 4.04. The van der Waals surface area contributed by atoms with Crippen LogP contribution in [0, 0.1) is 5.92 Å². The quantitative estimate of drug-likeness (QED) is 0.900. The summed E-state index contributed by atoms with van der Waals surface area (Å²) < 4.78 is 0. The number of hydrogen-bond acceptors (Lipinski definition) is 2. The van der Waals surface area contributed by atoms with Crippen LogP contribution in [-0.2, 0) is 13.0 Å². The van der Waals surface area contributed by atoms with Crippen LogP contribution in [0.4, 0.5) is 5.69 Å². The normalized spacial score (nSPS) is 19.1. The maximum absolute atomic E-state index is 3.53. The Morgan fingerprint density at radius 3 is 2.89 bits per heavy atom. The highest BCUT2D eigenvalue weighted by molar-refractivity contribution is 5.85. The fourth-order valence-electron chi connectivity index (χ4n) is 2.89. The lowest BCUT2D eigenvalue weighted by Gasteiger charge is -2.25. The fraction of sp³-hybridized carbons (Fsp3) is 0.600. The van der Waals surface area contributed by atoms with Gasteiger partial charge in [-0.25, -0.2) is 0 Å². The Bertz CT molecular complexity index is 415. The Kier molecular flexibility index (Phi) is 4.18. The van der Waals surface area contributed by atoms with Gasteiger partial charge in [0, 0.05) is 24.8 Å². The van der Waals surface area contributed by atoms with Gasteiger partial charge in [0.15, 0.2) is 0 Å². The molecule has 0 radical (unpaired) electrons. The molecule has 1 aromatic carbocycles. The zero-order valence-corrected chi connectivity index (χ0v) is 12.1. The van der Waals surface area contributed by atoms with Crippen LogP contribution in [0.25, 0.3) is 0 Å². The molecular formula is C15H23ClN2. The summed E-state index contributed by atoms with van der Waals surface area (Å²) in [5, 5.41) is 3.53. The van der Waals surface area contributed by atoms with Crippen LogP contribution in [0.5, 0.6) is 0 Å². The lowest BCUT2D eigenvalue weighted by atomic mass is 10.1. The Morgan fingerprint density at radius 1 is 1.39 bits per heavy atom. The van der Waals surface area contributed by atoms with Crippen molar-refractivity contribution in [2.24, 2.45) is 5.92 Å². The molecule has 1 atom stereocenters. The van der Waals surface area contributed by atoms with E-state index in [9.17, 15) is 0 Å². The predicted molar refractivity (Wildman–Crippen MR) is 79.5 cm³/mol. The third-order valence-electron chi connectivity index (χ3n) is 4.35. The highest BCUT2D eigenvalue weighted by Gasteiger charge is 2.30. The van der Waals surface area contributed by atoms with E-state index in [-0.39, 0.29) is 12.4 Å². The standard InChI is InChI=1S/C15H22N2.ClH/c1-11(12-6-7-12)17(2)10-14-5-3-4-13-8-9-16-15(13)14;/h3-5,11-12,16H,6-10H2,1-2H3;1H. The summed E-state index contributed by atoms with van der Waals surface area (Å²) in [7, 11) is 2.26. The number of fused-ring (bicyclic) bond motifs is 1. The Labute approximate surface area is 116 Å². The monoisotopic (exact) mass is 266 g/mol. The fourth-order valence-corrected chi connectivity index (χ4v) is 2.89.